The van der Waals surface area contributed by atoms with Crippen LogP contribution in [0.25, 0.3) is 0 Å². The maximum absolute atomic E-state index is 12.0. The number of rotatable bonds is 4. The SMILES string of the molecule is Cc1ccccc1CCC(=O)N[C@H]1C[C@@H]2OCC[C@H]12. The summed E-state index contributed by atoms with van der Waals surface area (Å²) in [7, 11) is 0. The van der Waals surface area contributed by atoms with Gasteiger partial charge in [-0.15, -0.1) is 0 Å². The Morgan fingerprint density at radius 2 is 2.26 bits per heavy atom. The van der Waals surface area contributed by atoms with Crippen LogP contribution in [0.4, 0.5) is 0 Å². The standard InChI is InChI=1S/C16H21NO2/c1-11-4-2-3-5-12(11)6-7-16(18)17-14-10-15-13(14)8-9-19-15/h2-5,13-15H,6-10H2,1H3,(H,17,18)/t13-,14+,15+/m1/s1. The summed E-state index contributed by atoms with van der Waals surface area (Å²) in [5, 5.41) is 3.16. The Kier molecular flexibility index (Phi) is 3.56. The van der Waals surface area contributed by atoms with Crippen LogP contribution < -0.4 is 5.32 Å². The summed E-state index contributed by atoms with van der Waals surface area (Å²) in [6.45, 7) is 2.96. The zero-order valence-corrected chi connectivity index (χ0v) is 11.4. The van der Waals surface area contributed by atoms with Gasteiger partial charge in [0.1, 0.15) is 0 Å². The number of aryl methyl sites for hydroxylation is 2. The number of fused-ring (bicyclic) bond motifs is 1. The first-order valence-corrected chi connectivity index (χ1v) is 7.19. The Morgan fingerprint density at radius 3 is 3.05 bits per heavy atom. The first-order chi connectivity index (χ1) is 9.24. The molecule has 0 spiro atoms. The van der Waals surface area contributed by atoms with E-state index < -0.39 is 0 Å². The molecule has 3 heteroatoms. The van der Waals surface area contributed by atoms with Crippen LogP contribution in [0.2, 0.25) is 0 Å². The van der Waals surface area contributed by atoms with Gasteiger partial charge < -0.3 is 10.1 Å². The first-order valence-electron chi connectivity index (χ1n) is 7.19. The van der Waals surface area contributed by atoms with E-state index in [1.807, 2.05) is 12.1 Å². The fourth-order valence-electron chi connectivity index (χ4n) is 3.18. The van der Waals surface area contributed by atoms with E-state index in [1.165, 1.54) is 11.1 Å². The third-order valence-electron chi connectivity index (χ3n) is 4.49. The van der Waals surface area contributed by atoms with Crippen LogP contribution in [0.3, 0.4) is 0 Å². The number of ether oxygens (including phenoxy) is 1. The molecule has 1 aromatic carbocycles. The van der Waals surface area contributed by atoms with Gasteiger partial charge in [0, 0.05) is 25.0 Å². The van der Waals surface area contributed by atoms with Crippen molar-refractivity contribution in [3.63, 3.8) is 0 Å². The molecule has 1 amide bonds. The van der Waals surface area contributed by atoms with Crippen LogP contribution in [0.1, 0.15) is 30.4 Å². The molecule has 1 aliphatic heterocycles. The Morgan fingerprint density at radius 1 is 1.42 bits per heavy atom. The molecule has 3 atom stereocenters. The van der Waals surface area contributed by atoms with Crippen LogP contribution in [0.15, 0.2) is 24.3 Å². The van der Waals surface area contributed by atoms with Crippen molar-refractivity contribution in [3.8, 4) is 0 Å². The molecule has 0 bridgehead atoms. The maximum atomic E-state index is 12.0. The van der Waals surface area contributed by atoms with Crippen LogP contribution in [0.5, 0.6) is 0 Å². The minimum Gasteiger partial charge on any atom is -0.378 e. The van der Waals surface area contributed by atoms with Crippen LogP contribution in [0, 0.1) is 12.8 Å². The summed E-state index contributed by atoms with van der Waals surface area (Å²) in [5.41, 5.74) is 2.54. The zero-order valence-electron chi connectivity index (χ0n) is 11.4. The van der Waals surface area contributed by atoms with E-state index >= 15 is 0 Å². The number of carbonyl (C=O) groups excluding carboxylic acids is 1. The second kappa shape index (κ2) is 5.33. The summed E-state index contributed by atoms with van der Waals surface area (Å²) in [5.74, 6) is 0.751. The molecule has 0 unspecified atom stereocenters. The number of nitrogens with one attached hydrogen (secondary N) is 1. The van der Waals surface area contributed by atoms with E-state index in [0.29, 0.717) is 24.5 Å². The van der Waals surface area contributed by atoms with Crippen molar-refractivity contribution in [2.45, 2.75) is 44.8 Å². The predicted molar refractivity (Wildman–Crippen MR) is 73.9 cm³/mol. The third-order valence-corrected chi connectivity index (χ3v) is 4.49. The molecular formula is C16H21NO2. The molecule has 1 N–H and O–H groups in total. The molecule has 1 saturated carbocycles. The molecule has 2 fully saturated rings. The number of carbonyl (C=O) groups is 1. The highest BCUT2D eigenvalue weighted by atomic mass is 16.5. The van der Waals surface area contributed by atoms with E-state index in [9.17, 15) is 4.79 Å². The highest BCUT2D eigenvalue weighted by Gasteiger charge is 2.45. The van der Waals surface area contributed by atoms with Crippen molar-refractivity contribution in [2.24, 2.45) is 5.92 Å². The van der Waals surface area contributed by atoms with Gasteiger partial charge in [-0.3, -0.25) is 4.79 Å². The monoisotopic (exact) mass is 259 g/mol. The van der Waals surface area contributed by atoms with E-state index in [-0.39, 0.29) is 5.91 Å². The van der Waals surface area contributed by atoms with Gasteiger partial charge in [0.25, 0.3) is 0 Å². The molecule has 0 radical (unpaired) electrons. The van der Waals surface area contributed by atoms with Crippen molar-refractivity contribution < 1.29 is 9.53 Å². The van der Waals surface area contributed by atoms with Crippen LogP contribution in [-0.4, -0.2) is 24.7 Å². The lowest BCUT2D eigenvalue weighted by Gasteiger charge is -2.39. The molecule has 1 aromatic rings. The van der Waals surface area contributed by atoms with Gasteiger partial charge in [0.15, 0.2) is 0 Å². The lowest BCUT2D eigenvalue weighted by molar-refractivity contribution is -0.124. The zero-order chi connectivity index (χ0) is 13.2. The first kappa shape index (κ1) is 12.7. The highest BCUT2D eigenvalue weighted by molar-refractivity contribution is 5.76. The van der Waals surface area contributed by atoms with Gasteiger partial charge >= 0.3 is 0 Å². The fraction of sp³-hybridized carbons (Fsp3) is 0.562. The summed E-state index contributed by atoms with van der Waals surface area (Å²) in [6, 6.07) is 8.63. The largest absolute Gasteiger partial charge is 0.378 e. The number of benzene rings is 1. The minimum atomic E-state index is 0.179. The summed E-state index contributed by atoms with van der Waals surface area (Å²) in [6.07, 6.45) is 3.94. The second-order valence-electron chi connectivity index (χ2n) is 5.70. The van der Waals surface area contributed by atoms with Crippen LogP contribution in [-0.2, 0) is 16.0 Å². The fourth-order valence-corrected chi connectivity index (χ4v) is 3.18. The quantitative estimate of drug-likeness (QED) is 0.900. The van der Waals surface area contributed by atoms with Crippen molar-refractivity contribution >= 4 is 5.91 Å². The van der Waals surface area contributed by atoms with E-state index in [2.05, 4.69) is 24.4 Å². The van der Waals surface area contributed by atoms with Crippen molar-refractivity contribution in [3.05, 3.63) is 35.4 Å². The van der Waals surface area contributed by atoms with E-state index in [1.54, 1.807) is 0 Å². The summed E-state index contributed by atoms with van der Waals surface area (Å²) >= 11 is 0. The minimum absolute atomic E-state index is 0.179. The summed E-state index contributed by atoms with van der Waals surface area (Å²) in [4.78, 5) is 12.0. The molecule has 1 heterocycles. The van der Waals surface area contributed by atoms with Crippen molar-refractivity contribution in [2.75, 3.05) is 6.61 Å². The molecule has 1 saturated heterocycles. The molecule has 1 aliphatic carbocycles. The molecule has 19 heavy (non-hydrogen) atoms. The highest BCUT2D eigenvalue weighted by Crippen LogP contribution is 2.38. The lowest BCUT2D eigenvalue weighted by Crippen LogP contribution is -2.53. The Hall–Kier alpha value is -1.35. The van der Waals surface area contributed by atoms with Gasteiger partial charge in [-0.2, -0.15) is 0 Å². The Balaban J connectivity index is 1.46. The van der Waals surface area contributed by atoms with E-state index in [0.717, 1.165) is 25.9 Å². The molecule has 0 aromatic heterocycles. The Bertz CT molecular complexity index is 472. The molecule has 102 valence electrons. The topological polar surface area (TPSA) is 38.3 Å². The maximum Gasteiger partial charge on any atom is 0.220 e. The average Bonchev–Trinajstić information content (AvgIpc) is 2.76. The molecule has 3 rings (SSSR count). The number of hydrogen-bond acceptors (Lipinski definition) is 2. The lowest BCUT2D eigenvalue weighted by atomic mass is 9.76. The van der Waals surface area contributed by atoms with Gasteiger partial charge in [0.05, 0.1) is 6.10 Å². The average molecular weight is 259 g/mol. The van der Waals surface area contributed by atoms with Crippen molar-refractivity contribution in [1.82, 2.24) is 5.32 Å². The van der Waals surface area contributed by atoms with Gasteiger partial charge in [0.2, 0.25) is 5.91 Å². The van der Waals surface area contributed by atoms with Crippen LogP contribution >= 0.6 is 0 Å². The number of amides is 1. The Labute approximate surface area is 114 Å². The smallest absolute Gasteiger partial charge is 0.220 e. The number of hydrogen-bond donors (Lipinski definition) is 1. The summed E-state index contributed by atoms with van der Waals surface area (Å²) < 4.78 is 5.56. The normalized spacial score (nSPS) is 28.6. The van der Waals surface area contributed by atoms with Crippen molar-refractivity contribution in [1.29, 1.82) is 0 Å². The van der Waals surface area contributed by atoms with E-state index in [4.69, 9.17) is 4.74 Å². The van der Waals surface area contributed by atoms with Gasteiger partial charge in [-0.1, -0.05) is 24.3 Å². The molecule has 2 aliphatic rings. The van der Waals surface area contributed by atoms with Gasteiger partial charge in [-0.05, 0) is 37.3 Å². The molecular weight excluding hydrogens is 238 g/mol. The van der Waals surface area contributed by atoms with Gasteiger partial charge in [-0.25, -0.2) is 0 Å². The molecule has 3 nitrogen and oxygen atoms in total. The third kappa shape index (κ3) is 2.66. The second-order valence-corrected chi connectivity index (χ2v) is 5.70. The predicted octanol–water partition coefficient (Wildman–Crippen LogP) is 2.22.